The molecule has 2 rings (SSSR count). The van der Waals surface area contributed by atoms with Gasteiger partial charge in [-0.15, -0.1) is 0 Å². The summed E-state index contributed by atoms with van der Waals surface area (Å²) in [7, 11) is 1.66. The summed E-state index contributed by atoms with van der Waals surface area (Å²) in [5.74, 6) is -2.87. The molecule has 0 radical (unpaired) electrons. The van der Waals surface area contributed by atoms with Gasteiger partial charge in [0.15, 0.2) is 5.82 Å². The van der Waals surface area contributed by atoms with E-state index in [1.807, 2.05) is 0 Å². The van der Waals surface area contributed by atoms with E-state index in [0.717, 1.165) is 31.9 Å². The monoisotopic (exact) mass is 282 g/mol. The largest absolute Gasteiger partial charge is 0.339 e. The first-order chi connectivity index (χ1) is 9.32. The third kappa shape index (κ3) is 2.97. The second kappa shape index (κ2) is 5.46. The van der Waals surface area contributed by atoms with Gasteiger partial charge >= 0.3 is 0 Å². The summed E-state index contributed by atoms with van der Waals surface area (Å²) in [6.45, 7) is 4.42. The normalized spacial score (nSPS) is 18.9. The molecule has 0 unspecified atom stereocenters. The summed E-state index contributed by atoms with van der Waals surface area (Å²) in [5.41, 5.74) is 0.0545. The number of pyridine rings is 1. The molecule has 0 atom stereocenters. The van der Waals surface area contributed by atoms with Crippen LogP contribution in [0.4, 0.5) is 8.78 Å². The topological polar surface area (TPSA) is 33.2 Å². The van der Waals surface area contributed by atoms with Crippen LogP contribution < -0.4 is 0 Å². The molecule has 0 saturated heterocycles. The van der Waals surface area contributed by atoms with E-state index in [1.165, 1.54) is 11.0 Å². The van der Waals surface area contributed by atoms with Gasteiger partial charge in [0.2, 0.25) is 5.95 Å². The van der Waals surface area contributed by atoms with Gasteiger partial charge in [0.25, 0.3) is 5.91 Å². The van der Waals surface area contributed by atoms with Crippen LogP contribution in [-0.2, 0) is 0 Å². The van der Waals surface area contributed by atoms with E-state index in [-0.39, 0.29) is 11.6 Å². The van der Waals surface area contributed by atoms with Crippen molar-refractivity contribution in [2.45, 2.75) is 45.6 Å². The molecule has 1 aromatic heterocycles. The lowest BCUT2D eigenvalue weighted by molar-refractivity contribution is 0.0629. The molecule has 0 N–H and O–H groups in total. The molecular weight excluding hydrogens is 262 g/mol. The summed E-state index contributed by atoms with van der Waals surface area (Å²) in [5, 5.41) is 0. The molecule has 0 spiro atoms. The molecule has 1 aliphatic rings. The van der Waals surface area contributed by atoms with Crippen LogP contribution in [0.1, 0.15) is 49.9 Å². The first kappa shape index (κ1) is 14.9. The fourth-order valence-electron chi connectivity index (χ4n) is 2.71. The van der Waals surface area contributed by atoms with Crippen molar-refractivity contribution in [3.63, 3.8) is 0 Å². The molecule has 1 aliphatic carbocycles. The predicted molar refractivity (Wildman–Crippen MR) is 72.3 cm³/mol. The minimum Gasteiger partial charge on any atom is -0.339 e. The fourth-order valence-corrected chi connectivity index (χ4v) is 2.71. The molecule has 0 bridgehead atoms. The van der Waals surface area contributed by atoms with Gasteiger partial charge in [0.1, 0.15) is 0 Å². The maximum Gasteiger partial charge on any atom is 0.257 e. The van der Waals surface area contributed by atoms with Gasteiger partial charge in [-0.05, 0) is 37.2 Å². The maximum absolute atomic E-state index is 13.6. The standard InChI is InChI=1S/C15H20F2N2O/c1-15(2)7-4-10(5-8-15)19(3)14(20)11-6-9-18-13(17)12(11)16/h6,9-10H,4-5,7-8H2,1-3H3. The molecule has 1 amide bonds. The average Bonchev–Trinajstić information content (AvgIpc) is 2.40. The number of aromatic nitrogens is 1. The van der Waals surface area contributed by atoms with Crippen LogP contribution in [-0.4, -0.2) is 28.9 Å². The molecule has 0 aliphatic heterocycles. The molecule has 3 nitrogen and oxygen atoms in total. The first-order valence-corrected chi connectivity index (χ1v) is 6.89. The molecule has 1 fully saturated rings. The quantitative estimate of drug-likeness (QED) is 0.779. The van der Waals surface area contributed by atoms with Crippen molar-refractivity contribution in [2.24, 2.45) is 5.41 Å². The maximum atomic E-state index is 13.6. The molecule has 110 valence electrons. The van der Waals surface area contributed by atoms with Gasteiger partial charge < -0.3 is 4.90 Å². The Hall–Kier alpha value is -1.52. The Balaban J connectivity index is 2.11. The number of nitrogens with zero attached hydrogens (tertiary/aromatic N) is 2. The lowest BCUT2D eigenvalue weighted by Crippen LogP contribution is -2.41. The van der Waals surface area contributed by atoms with Crippen LogP contribution in [0.15, 0.2) is 12.3 Å². The average molecular weight is 282 g/mol. The molecule has 0 aromatic carbocycles. The zero-order chi connectivity index (χ0) is 14.9. The summed E-state index contributed by atoms with van der Waals surface area (Å²) in [6.07, 6.45) is 4.96. The highest BCUT2D eigenvalue weighted by molar-refractivity contribution is 5.94. The van der Waals surface area contributed by atoms with Crippen LogP contribution in [0.5, 0.6) is 0 Å². The fraction of sp³-hybridized carbons (Fsp3) is 0.600. The van der Waals surface area contributed by atoms with Crippen molar-refractivity contribution in [1.29, 1.82) is 0 Å². The van der Waals surface area contributed by atoms with Crippen LogP contribution in [0.3, 0.4) is 0 Å². The van der Waals surface area contributed by atoms with Crippen LogP contribution in [0.2, 0.25) is 0 Å². The zero-order valence-corrected chi connectivity index (χ0v) is 12.1. The summed E-state index contributed by atoms with van der Waals surface area (Å²) in [4.78, 5) is 17.0. The molecular formula is C15H20F2N2O. The van der Waals surface area contributed by atoms with Crippen molar-refractivity contribution in [2.75, 3.05) is 7.05 Å². The highest BCUT2D eigenvalue weighted by Gasteiger charge is 2.31. The Morgan fingerprint density at radius 2 is 1.95 bits per heavy atom. The van der Waals surface area contributed by atoms with E-state index in [4.69, 9.17) is 0 Å². The van der Waals surface area contributed by atoms with Gasteiger partial charge in [-0.2, -0.15) is 4.39 Å². The Morgan fingerprint density at radius 3 is 2.55 bits per heavy atom. The number of carbonyl (C=O) groups excluding carboxylic acids is 1. The van der Waals surface area contributed by atoms with E-state index in [9.17, 15) is 13.6 Å². The van der Waals surface area contributed by atoms with Gasteiger partial charge in [0.05, 0.1) is 5.56 Å². The van der Waals surface area contributed by atoms with Crippen LogP contribution in [0.25, 0.3) is 0 Å². The third-order valence-corrected chi connectivity index (χ3v) is 4.25. The SMILES string of the molecule is CN(C(=O)c1ccnc(F)c1F)C1CCC(C)(C)CC1. The number of hydrogen-bond acceptors (Lipinski definition) is 2. The van der Waals surface area contributed by atoms with Crippen molar-refractivity contribution in [3.05, 3.63) is 29.6 Å². The van der Waals surface area contributed by atoms with Crippen LogP contribution in [0, 0.1) is 17.2 Å². The molecule has 1 heterocycles. The highest BCUT2D eigenvalue weighted by atomic mass is 19.2. The minimum atomic E-state index is -1.23. The van der Waals surface area contributed by atoms with E-state index >= 15 is 0 Å². The highest BCUT2D eigenvalue weighted by Crippen LogP contribution is 2.36. The van der Waals surface area contributed by atoms with Gasteiger partial charge in [-0.3, -0.25) is 4.79 Å². The van der Waals surface area contributed by atoms with Gasteiger partial charge in [0, 0.05) is 19.3 Å². The van der Waals surface area contributed by atoms with Crippen molar-refractivity contribution in [1.82, 2.24) is 9.88 Å². The third-order valence-electron chi connectivity index (χ3n) is 4.25. The molecule has 5 heteroatoms. The van der Waals surface area contributed by atoms with Crippen molar-refractivity contribution >= 4 is 5.91 Å². The number of carbonyl (C=O) groups is 1. The van der Waals surface area contributed by atoms with Crippen molar-refractivity contribution < 1.29 is 13.6 Å². The van der Waals surface area contributed by atoms with Crippen molar-refractivity contribution in [3.8, 4) is 0 Å². The minimum absolute atomic E-state index is 0.0890. The summed E-state index contributed by atoms with van der Waals surface area (Å²) < 4.78 is 26.7. The number of amides is 1. The second-order valence-electron chi connectivity index (χ2n) is 6.27. The number of rotatable bonds is 2. The van der Waals surface area contributed by atoms with E-state index in [2.05, 4.69) is 18.8 Å². The Kier molecular flexibility index (Phi) is 4.06. The zero-order valence-electron chi connectivity index (χ0n) is 12.1. The summed E-state index contributed by atoms with van der Waals surface area (Å²) in [6, 6.07) is 1.32. The van der Waals surface area contributed by atoms with E-state index < -0.39 is 17.7 Å². The molecule has 1 aromatic rings. The second-order valence-corrected chi connectivity index (χ2v) is 6.27. The Morgan fingerprint density at radius 1 is 1.35 bits per heavy atom. The lowest BCUT2D eigenvalue weighted by Gasteiger charge is -2.38. The predicted octanol–water partition coefficient (Wildman–Crippen LogP) is 3.40. The first-order valence-electron chi connectivity index (χ1n) is 6.89. The van der Waals surface area contributed by atoms with Gasteiger partial charge in [-0.25, -0.2) is 9.37 Å². The van der Waals surface area contributed by atoms with Crippen LogP contribution >= 0.6 is 0 Å². The smallest absolute Gasteiger partial charge is 0.257 e. The van der Waals surface area contributed by atoms with E-state index in [0.29, 0.717) is 5.41 Å². The number of halogens is 2. The molecule has 20 heavy (non-hydrogen) atoms. The molecule has 1 saturated carbocycles. The van der Waals surface area contributed by atoms with Gasteiger partial charge in [-0.1, -0.05) is 13.8 Å². The Labute approximate surface area is 118 Å². The number of hydrogen-bond donors (Lipinski definition) is 0. The van der Waals surface area contributed by atoms with E-state index in [1.54, 1.807) is 7.05 Å². The Bertz CT molecular complexity index is 507. The lowest BCUT2D eigenvalue weighted by atomic mass is 9.75. The summed E-state index contributed by atoms with van der Waals surface area (Å²) >= 11 is 0.